The van der Waals surface area contributed by atoms with Gasteiger partial charge in [-0.3, -0.25) is 4.79 Å². The second kappa shape index (κ2) is 7.21. The Morgan fingerprint density at radius 2 is 2.22 bits per heavy atom. The minimum Gasteiger partial charge on any atom is -0.468 e. The van der Waals surface area contributed by atoms with Crippen molar-refractivity contribution in [3.05, 3.63) is 24.0 Å². The molecule has 0 bridgehead atoms. The van der Waals surface area contributed by atoms with Gasteiger partial charge in [0.05, 0.1) is 7.11 Å². The molecule has 0 aromatic carbocycles. The Bertz CT molecular complexity index is 374. The summed E-state index contributed by atoms with van der Waals surface area (Å²) in [5.41, 5.74) is 1.19. The Hall–Kier alpha value is -1.29. The fourth-order valence-corrected chi connectivity index (χ4v) is 1.90. The third-order valence-corrected chi connectivity index (χ3v) is 3.37. The number of ether oxygens (including phenoxy) is 1. The molecule has 1 heterocycles. The first-order valence-electron chi connectivity index (χ1n) is 6.58. The zero-order valence-corrected chi connectivity index (χ0v) is 11.8. The quantitative estimate of drug-likeness (QED) is 0.756. The smallest absolute Gasteiger partial charge is 0.323 e. The van der Waals surface area contributed by atoms with E-state index in [1.807, 2.05) is 6.20 Å². The highest BCUT2D eigenvalue weighted by Crippen LogP contribution is 2.10. The molecule has 1 aromatic rings. The maximum Gasteiger partial charge on any atom is 0.323 e. The lowest BCUT2D eigenvalue weighted by atomic mass is 9.99. The van der Waals surface area contributed by atoms with E-state index in [1.54, 1.807) is 0 Å². The molecular weight excluding hydrogens is 228 g/mol. The van der Waals surface area contributed by atoms with Gasteiger partial charge in [-0.2, -0.15) is 0 Å². The van der Waals surface area contributed by atoms with E-state index in [1.165, 1.54) is 12.7 Å². The molecule has 102 valence electrons. The Morgan fingerprint density at radius 1 is 1.50 bits per heavy atom. The van der Waals surface area contributed by atoms with Gasteiger partial charge in [0.2, 0.25) is 0 Å². The van der Waals surface area contributed by atoms with Gasteiger partial charge in [-0.1, -0.05) is 20.3 Å². The van der Waals surface area contributed by atoms with E-state index in [4.69, 9.17) is 4.74 Å². The van der Waals surface area contributed by atoms with Gasteiger partial charge in [0.25, 0.3) is 0 Å². The van der Waals surface area contributed by atoms with Gasteiger partial charge in [0.15, 0.2) is 0 Å². The number of esters is 1. The predicted molar refractivity (Wildman–Crippen MR) is 72.2 cm³/mol. The van der Waals surface area contributed by atoms with Gasteiger partial charge in [0, 0.05) is 25.5 Å². The second-order valence-electron chi connectivity index (χ2n) is 4.62. The summed E-state index contributed by atoms with van der Waals surface area (Å²) in [6, 6.07) is 1.84. The third-order valence-electron chi connectivity index (χ3n) is 3.37. The second-order valence-corrected chi connectivity index (χ2v) is 4.62. The molecule has 0 spiro atoms. The summed E-state index contributed by atoms with van der Waals surface area (Å²) in [7, 11) is 1.44. The molecule has 0 saturated heterocycles. The molecule has 0 radical (unpaired) electrons. The Labute approximate surface area is 109 Å². The SMILES string of the molecule is CCC(C)C(NCc1ccn(CC)c1)C(=O)OC. The summed E-state index contributed by atoms with van der Waals surface area (Å²) in [5.74, 6) is 0.0879. The summed E-state index contributed by atoms with van der Waals surface area (Å²) in [4.78, 5) is 11.7. The number of aromatic nitrogens is 1. The van der Waals surface area contributed by atoms with E-state index in [2.05, 4.69) is 42.9 Å². The molecule has 1 rings (SSSR count). The first-order chi connectivity index (χ1) is 8.62. The Balaban J connectivity index is 2.58. The minimum atomic E-state index is -0.232. The number of hydrogen-bond acceptors (Lipinski definition) is 3. The van der Waals surface area contributed by atoms with Crippen molar-refractivity contribution in [1.29, 1.82) is 0 Å². The summed E-state index contributed by atoms with van der Waals surface area (Å²) >= 11 is 0. The molecule has 0 aliphatic carbocycles. The van der Waals surface area contributed by atoms with Crippen LogP contribution < -0.4 is 5.32 Å². The third kappa shape index (κ3) is 3.88. The van der Waals surface area contributed by atoms with Gasteiger partial charge in [0.1, 0.15) is 6.04 Å². The lowest BCUT2D eigenvalue weighted by Crippen LogP contribution is -2.42. The van der Waals surface area contributed by atoms with Gasteiger partial charge < -0.3 is 14.6 Å². The van der Waals surface area contributed by atoms with E-state index in [0.717, 1.165) is 13.0 Å². The number of nitrogens with zero attached hydrogens (tertiary/aromatic N) is 1. The number of methoxy groups -OCH3 is 1. The normalized spacial score (nSPS) is 14.2. The number of rotatable bonds is 7. The fraction of sp³-hybridized carbons (Fsp3) is 0.643. The molecule has 0 aliphatic rings. The minimum absolute atomic E-state index is 0.181. The Kier molecular flexibility index (Phi) is 5.92. The van der Waals surface area contributed by atoms with Crippen molar-refractivity contribution in [2.75, 3.05) is 7.11 Å². The highest BCUT2D eigenvalue weighted by Gasteiger charge is 2.24. The molecule has 1 aromatic heterocycles. The van der Waals surface area contributed by atoms with Crippen LogP contribution >= 0.6 is 0 Å². The van der Waals surface area contributed by atoms with E-state index in [9.17, 15) is 4.79 Å². The van der Waals surface area contributed by atoms with Crippen LogP contribution in [0.25, 0.3) is 0 Å². The van der Waals surface area contributed by atoms with Crippen LogP contribution in [0.3, 0.4) is 0 Å². The van der Waals surface area contributed by atoms with Crippen molar-refractivity contribution in [3.63, 3.8) is 0 Å². The molecule has 4 heteroatoms. The predicted octanol–water partition coefficient (Wildman–Crippen LogP) is 2.19. The standard InChI is InChI=1S/C14H24N2O2/c1-5-11(3)13(14(17)18-4)15-9-12-7-8-16(6-2)10-12/h7-8,10-11,13,15H,5-6,9H2,1-4H3. The van der Waals surface area contributed by atoms with E-state index in [-0.39, 0.29) is 17.9 Å². The monoisotopic (exact) mass is 252 g/mol. The van der Waals surface area contributed by atoms with Crippen molar-refractivity contribution < 1.29 is 9.53 Å². The molecule has 0 amide bonds. The average molecular weight is 252 g/mol. The van der Waals surface area contributed by atoms with Crippen LogP contribution in [0.5, 0.6) is 0 Å². The number of carbonyl (C=O) groups excluding carboxylic acids is 1. The van der Waals surface area contributed by atoms with Crippen molar-refractivity contribution in [1.82, 2.24) is 9.88 Å². The highest BCUT2D eigenvalue weighted by atomic mass is 16.5. The Morgan fingerprint density at radius 3 is 2.72 bits per heavy atom. The van der Waals surface area contributed by atoms with Crippen molar-refractivity contribution in [2.45, 2.75) is 46.3 Å². The van der Waals surface area contributed by atoms with Crippen LogP contribution in [0.2, 0.25) is 0 Å². The lowest BCUT2D eigenvalue weighted by molar-refractivity contribution is -0.144. The molecule has 0 aliphatic heterocycles. The first-order valence-corrected chi connectivity index (χ1v) is 6.58. The number of hydrogen-bond donors (Lipinski definition) is 1. The van der Waals surface area contributed by atoms with Crippen LogP contribution in [0.1, 0.15) is 32.8 Å². The zero-order valence-electron chi connectivity index (χ0n) is 11.8. The number of carbonyl (C=O) groups is 1. The van der Waals surface area contributed by atoms with Crippen LogP contribution in [0, 0.1) is 5.92 Å². The maximum atomic E-state index is 11.7. The van der Waals surface area contributed by atoms with E-state index < -0.39 is 0 Å². The van der Waals surface area contributed by atoms with Gasteiger partial charge in [-0.15, -0.1) is 0 Å². The topological polar surface area (TPSA) is 43.3 Å². The van der Waals surface area contributed by atoms with Gasteiger partial charge in [-0.05, 0) is 24.5 Å². The van der Waals surface area contributed by atoms with Crippen LogP contribution in [0.15, 0.2) is 18.5 Å². The zero-order chi connectivity index (χ0) is 13.5. The van der Waals surface area contributed by atoms with E-state index in [0.29, 0.717) is 6.54 Å². The molecular formula is C14H24N2O2. The van der Waals surface area contributed by atoms with Crippen molar-refractivity contribution in [2.24, 2.45) is 5.92 Å². The first kappa shape index (κ1) is 14.8. The molecule has 1 N–H and O–H groups in total. The maximum absolute atomic E-state index is 11.7. The molecule has 18 heavy (non-hydrogen) atoms. The van der Waals surface area contributed by atoms with E-state index >= 15 is 0 Å². The molecule has 4 nitrogen and oxygen atoms in total. The number of aryl methyl sites for hydroxylation is 1. The summed E-state index contributed by atoms with van der Waals surface area (Å²) in [6.45, 7) is 7.90. The van der Waals surface area contributed by atoms with Gasteiger partial charge >= 0.3 is 5.97 Å². The van der Waals surface area contributed by atoms with Crippen LogP contribution in [-0.2, 0) is 22.6 Å². The molecule has 2 unspecified atom stereocenters. The van der Waals surface area contributed by atoms with Crippen LogP contribution in [0.4, 0.5) is 0 Å². The van der Waals surface area contributed by atoms with Crippen molar-refractivity contribution in [3.8, 4) is 0 Å². The molecule has 0 saturated carbocycles. The molecule has 0 fully saturated rings. The average Bonchev–Trinajstić information content (AvgIpc) is 2.86. The largest absolute Gasteiger partial charge is 0.468 e. The lowest BCUT2D eigenvalue weighted by Gasteiger charge is -2.21. The summed E-state index contributed by atoms with van der Waals surface area (Å²) < 4.78 is 6.96. The molecule has 2 atom stereocenters. The van der Waals surface area contributed by atoms with Crippen molar-refractivity contribution >= 4 is 5.97 Å². The summed E-state index contributed by atoms with van der Waals surface area (Å²) in [5, 5.41) is 3.29. The fourth-order valence-electron chi connectivity index (χ4n) is 1.90. The van der Waals surface area contributed by atoms with Gasteiger partial charge in [-0.25, -0.2) is 0 Å². The number of nitrogens with one attached hydrogen (secondary N) is 1. The van der Waals surface area contributed by atoms with Crippen LogP contribution in [-0.4, -0.2) is 23.7 Å². The highest BCUT2D eigenvalue weighted by molar-refractivity contribution is 5.75. The summed E-state index contributed by atoms with van der Waals surface area (Å²) in [6.07, 6.45) is 5.09.